The van der Waals surface area contributed by atoms with Crippen molar-refractivity contribution in [2.24, 2.45) is 5.92 Å². The molecule has 0 radical (unpaired) electrons. The zero-order chi connectivity index (χ0) is 20.4. The summed E-state index contributed by atoms with van der Waals surface area (Å²) < 4.78 is 3.83. The average Bonchev–Trinajstić information content (AvgIpc) is 3.35. The molecule has 1 N–H and O–H groups in total. The van der Waals surface area contributed by atoms with Gasteiger partial charge in [0.2, 0.25) is 5.91 Å². The summed E-state index contributed by atoms with van der Waals surface area (Å²) in [6.45, 7) is 7.63. The number of carbonyl (C=O) groups is 1. The Morgan fingerprint density at radius 2 is 2.00 bits per heavy atom. The number of aromatic nitrogens is 5. The number of imidazole rings is 1. The third-order valence-corrected chi connectivity index (χ3v) is 5.89. The molecule has 7 nitrogen and oxygen atoms in total. The van der Waals surface area contributed by atoms with Crippen LogP contribution >= 0.6 is 0 Å². The molecule has 3 aromatic rings. The Morgan fingerprint density at radius 1 is 1.21 bits per heavy atom. The summed E-state index contributed by atoms with van der Waals surface area (Å²) in [4.78, 5) is 20.6. The molecule has 4 rings (SSSR count). The van der Waals surface area contributed by atoms with Gasteiger partial charge >= 0.3 is 0 Å². The van der Waals surface area contributed by atoms with E-state index >= 15 is 0 Å². The van der Waals surface area contributed by atoms with Gasteiger partial charge in [0.25, 0.3) is 0 Å². The summed E-state index contributed by atoms with van der Waals surface area (Å²) in [5, 5.41) is 7.94. The van der Waals surface area contributed by atoms with E-state index in [-0.39, 0.29) is 11.3 Å². The van der Waals surface area contributed by atoms with Crippen LogP contribution in [-0.4, -0.2) is 36.6 Å². The Balaban J connectivity index is 1.35. The SMILES string of the molecule is CC(C)(C)c1cc2nccc(C3CCC(CNC(=O)Cn4ccnc4)CC3)n2n1. The highest BCUT2D eigenvalue weighted by molar-refractivity contribution is 5.75. The Labute approximate surface area is 171 Å². The first-order valence-electron chi connectivity index (χ1n) is 10.5. The van der Waals surface area contributed by atoms with Crippen molar-refractivity contribution < 1.29 is 4.79 Å². The van der Waals surface area contributed by atoms with Gasteiger partial charge in [-0.2, -0.15) is 5.10 Å². The lowest BCUT2D eigenvalue weighted by Crippen LogP contribution is -2.33. The standard InChI is InChI=1S/C22H30N6O/c1-22(2,3)19-12-20-24-9-8-18(28(20)26-19)17-6-4-16(5-7-17)13-25-21(29)14-27-11-10-23-15-27/h8-12,15-17H,4-7,13-14H2,1-3H3,(H,25,29). The van der Waals surface area contributed by atoms with Crippen LogP contribution in [0.3, 0.4) is 0 Å². The van der Waals surface area contributed by atoms with E-state index in [1.165, 1.54) is 5.69 Å². The van der Waals surface area contributed by atoms with Crippen molar-refractivity contribution in [2.45, 2.75) is 64.3 Å². The maximum Gasteiger partial charge on any atom is 0.239 e. The molecule has 154 valence electrons. The fourth-order valence-electron chi connectivity index (χ4n) is 4.11. The molecule has 1 fully saturated rings. The Bertz CT molecular complexity index is 961. The van der Waals surface area contributed by atoms with E-state index < -0.39 is 0 Å². The molecule has 3 heterocycles. The monoisotopic (exact) mass is 394 g/mol. The van der Waals surface area contributed by atoms with Gasteiger partial charge < -0.3 is 9.88 Å². The topological polar surface area (TPSA) is 77.1 Å². The fourth-order valence-corrected chi connectivity index (χ4v) is 4.11. The lowest BCUT2D eigenvalue weighted by molar-refractivity contribution is -0.121. The van der Waals surface area contributed by atoms with Crippen molar-refractivity contribution in [3.63, 3.8) is 0 Å². The maximum atomic E-state index is 12.1. The number of nitrogens with one attached hydrogen (secondary N) is 1. The van der Waals surface area contributed by atoms with Crippen molar-refractivity contribution in [3.05, 3.63) is 48.4 Å². The summed E-state index contributed by atoms with van der Waals surface area (Å²) in [6, 6.07) is 4.22. The summed E-state index contributed by atoms with van der Waals surface area (Å²) >= 11 is 0. The normalized spacial score (nSPS) is 20.1. The van der Waals surface area contributed by atoms with Gasteiger partial charge in [-0.15, -0.1) is 0 Å². The number of hydrogen-bond acceptors (Lipinski definition) is 4. The van der Waals surface area contributed by atoms with Crippen molar-refractivity contribution in [3.8, 4) is 0 Å². The first-order valence-corrected chi connectivity index (χ1v) is 10.5. The number of fused-ring (bicyclic) bond motifs is 1. The van der Waals surface area contributed by atoms with E-state index in [0.717, 1.165) is 43.6 Å². The lowest BCUT2D eigenvalue weighted by Gasteiger charge is -2.29. The largest absolute Gasteiger partial charge is 0.354 e. The molecular weight excluding hydrogens is 364 g/mol. The summed E-state index contributed by atoms with van der Waals surface area (Å²) in [6.07, 6.45) is 11.5. The highest BCUT2D eigenvalue weighted by Gasteiger charge is 2.26. The molecule has 7 heteroatoms. The number of hydrogen-bond donors (Lipinski definition) is 1. The Kier molecular flexibility index (Phi) is 5.39. The molecule has 0 aromatic carbocycles. The summed E-state index contributed by atoms with van der Waals surface area (Å²) in [5.74, 6) is 1.08. The molecule has 0 spiro atoms. The zero-order valence-electron chi connectivity index (χ0n) is 17.5. The molecule has 0 unspecified atom stereocenters. The van der Waals surface area contributed by atoms with Gasteiger partial charge in [0.15, 0.2) is 5.65 Å². The number of amides is 1. The second-order valence-corrected chi connectivity index (χ2v) is 9.18. The third kappa shape index (κ3) is 4.49. The van der Waals surface area contributed by atoms with Gasteiger partial charge in [-0.1, -0.05) is 20.8 Å². The highest BCUT2D eigenvalue weighted by Crippen LogP contribution is 2.36. The van der Waals surface area contributed by atoms with E-state index in [1.807, 2.05) is 10.7 Å². The predicted octanol–water partition coefficient (Wildman–Crippen LogP) is 3.31. The Hall–Kier alpha value is -2.70. The van der Waals surface area contributed by atoms with Crippen molar-refractivity contribution in [1.82, 2.24) is 29.5 Å². The molecule has 29 heavy (non-hydrogen) atoms. The predicted molar refractivity (Wildman–Crippen MR) is 112 cm³/mol. The molecular formula is C22H30N6O. The molecule has 1 aliphatic carbocycles. The van der Waals surface area contributed by atoms with Gasteiger partial charge in [-0.05, 0) is 37.7 Å². The minimum Gasteiger partial charge on any atom is -0.354 e. The molecule has 0 aliphatic heterocycles. The van der Waals surface area contributed by atoms with E-state index in [1.54, 1.807) is 23.3 Å². The first-order chi connectivity index (χ1) is 13.9. The molecule has 1 saturated carbocycles. The molecule has 0 bridgehead atoms. The molecule has 1 aliphatic rings. The van der Waals surface area contributed by atoms with Crippen LogP contribution in [0.1, 0.15) is 63.8 Å². The average molecular weight is 395 g/mol. The molecule has 0 saturated heterocycles. The van der Waals surface area contributed by atoms with Crippen LogP contribution in [0.5, 0.6) is 0 Å². The Morgan fingerprint density at radius 3 is 2.69 bits per heavy atom. The third-order valence-electron chi connectivity index (χ3n) is 5.89. The van der Waals surface area contributed by atoms with Crippen LogP contribution in [0.4, 0.5) is 0 Å². The van der Waals surface area contributed by atoms with Crippen LogP contribution < -0.4 is 5.32 Å². The number of rotatable bonds is 5. The van der Waals surface area contributed by atoms with Crippen molar-refractivity contribution >= 4 is 11.6 Å². The van der Waals surface area contributed by atoms with Gasteiger partial charge in [0.1, 0.15) is 6.54 Å². The zero-order valence-corrected chi connectivity index (χ0v) is 17.5. The molecule has 0 atom stereocenters. The van der Waals surface area contributed by atoms with Gasteiger partial charge in [0, 0.05) is 48.2 Å². The highest BCUT2D eigenvalue weighted by atomic mass is 16.1. The quantitative estimate of drug-likeness (QED) is 0.720. The van der Waals surface area contributed by atoms with Crippen molar-refractivity contribution in [1.29, 1.82) is 0 Å². The van der Waals surface area contributed by atoms with Crippen LogP contribution in [0.15, 0.2) is 37.1 Å². The minimum absolute atomic E-state index is 0.0115. The lowest BCUT2D eigenvalue weighted by atomic mass is 9.80. The number of carbonyl (C=O) groups excluding carboxylic acids is 1. The van der Waals surface area contributed by atoms with Gasteiger partial charge in [0.05, 0.1) is 12.0 Å². The summed E-state index contributed by atoms with van der Waals surface area (Å²) in [5.41, 5.74) is 3.28. The van der Waals surface area contributed by atoms with Gasteiger partial charge in [-0.3, -0.25) is 4.79 Å². The number of nitrogens with zero attached hydrogens (tertiary/aromatic N) is 5. The van der Waals surface area contributed by atoms with Crippen LogP contribution in [0, 0.1) is 5.92 Å². The minimum atomic E-state index is 0.0115. The van der Waals surface area contributed by atoms with E-state index in [9.17, 15) is 4.79 Å². The van der Waals surface area contributed by atoms with Crippen LogP contribution in [-0.2, 0) is 16.8 Å². The van der Waals surface area contributed by atoms with E-state index in [2.05, 4.69) is 48.2 Å². The fraction of sp³-hybridized carbons (Fsp3) is 0.545. The van der Waals surface area contributed by atoms with Crippen LogP contribution in [0.2, 0.25) is 0 Å². The smallest absolute Gasteiger partial charge is 0.239 e. The maximum absolute atomic E-state index is 12.1. The van der Waals surface area contributed by atoms with E-state index in [4.69, 9.17) is 5.10 Å². The van der Waals surface area contributed by atoms with Crippen LogP contribution in [0.25, 0.3) is 5.65 Å². The summed E-state index contributed by atoms with van der Waals surface area (Å²) in [7, 11) is 0. The van der Waals surface area contributed by atoms with E-state index in [0.29, 0.717) is 18.4 Å². The molecule has 1 amide bonds. The first kappa shape index (κ1) is 19.6. The molecule has 3 aromatic heterocycles. The second kappa shape index (κ2) is 7.97. The van der Waals surface area contributed by atoms with Gasteiger partial charge in [-0.25, -0.2) is 14.5 Å². The second-order valence-electron chi connectivity index (χ2n) is 9.18. The van der Waals surface area contributed by atoms with Crippen molar-refractivity contribution in [2.75, 3.05) is 6.54 Å².